The Morgan fingerprint density at radius 2 is 1.48 bits per heavy atom. The van der Waals surface area contributed by atoms with Gasteiger partial charge < -0.3 is 34.1 Å². The summed E-state index contributed by atoms with van der Waals surface area (Å²) in [6.45, 7) is 3.94. The molecule has 0 spiro atoms. The van der Waals surface area contributed by atoms with Crippen molar-refractivity contribution in [3.63, 3.8) is 0 Å². The molecule has 0 aromatic heterocycles. The van der Waals surface area contributed by atoms with E-state index in [1.807, 2.05) is 76.5 Å². The van der Waals surface area contributed by atoms with E-state index in [1.165, 1.54) is 0 Å². The molecule has 0 radical (unpaired) electrons. The SMILES string of the molecule is COc1cc(CN(C(=O)C2=C(c3ccc(OCCOc4ccc(Br)cc4)cc3)CC3CN(C(C)=O)C[C@H]2N3)C2CC2)cc(OC)c1. The van der Waals surface area contributed by atoms with Crippen molar-refractivity contribution in [2.75, 3.05) is 40.5 Å². The van der Waals surface area contributed by atoms with Gasteiger partial charge in [0.1, 0.15) is 36.2 Å². The van der Waals surface area contributed by atoms with Gasteiger partial charge in [-0.2, -0.15) is 0 Å². The van der Waals surface area contributed by atoms with E-state index in [4.69, 9.17) is 18.9 Å². The number of carbonyl (C=O) groups is 2. The molecule has 9 nitrogen and oxygen atoms in total. The largest absolute Gasteiger partial charge is 0.497 e. The number of benzene rings is 3. The van der Waals surface area contributed by atoms with Crippen LogP contribution in [-0.2, 0) is 16.1 Å². The third-order valence-electron chi connectivity index (χ3n) is 8.73. The molecule has 1 saturated heterocycles. The maximum atomic E-state index is 14.7. The molecule has 3 aliphatic rings. The van der Waals surface area contributed by atoms with Crippen LogP contribution in [0, 0.1) is 0 Å². The molecular formula is C36H40BrN3O6. The van der Waals surface area contributed by atoms with E-state index in [0.29, 0.717) is 50.8 Å². The van der Waals surface area contributed by atoms with Crippen LogP contribution in [0.5, 0.6) is 23.0 Å². The van der Waals surface area contributed by atoms with Crippen LogP contribution in [-0.4, -0.2) is 80.3 Å². The fourth-order valence-corrected chi connectivity index (χ4v) is 6.55. The molecule has 2 heterocycles. The van der Waals surface area contributed by atoms with Crippen LogP contribution in [0.2, 0.25) is 0 Å². The van der Waals surface area contributed by atoms with Crippen molar-refractivity contribution in [1.29, 1.82) is 0 Å². The minimum Gasteiger partial charge on any atom is -0.497 e. The summed E-state index contributed by atoms with van der Waals surface area (Å²) in [7, 11) is 3.25. The summed E-state index contributed by atoms with van der Waals surface area (Å²) in [5, 5.41) is 3.66. The first-order chi connectivity index (χ1) is 22.3. The number of nitrogens with zero attached hydrogens (tertiary/aromatic N) is 2. The zero-order valence-electron chi connectivity index (χ0n) is 26.5. The molecule has 3 aromatic rings. The summed E-state index contributed by atoms with van der Waals surface area (Å²) < 4.78 is 23.7. The van der Waals surface area contributed by atoms with Crippen LogP contribution in [0.1, 0.15) is 37.3 Å². The molecule has 2 aliphatic heterocycles. The first-order valence-corrected chi connectivity index (χ1v) is 16.5. The number of ether oxygens (including phenoxy) is 4. The number of methoxy groups -OCH3 is 2. The molecule has 10 heteroatoms. The highest BCUT2D eigenvalue weighted by molar-refractivity contribution is 9.10. The van der Waals surface area contributed by atoms with E-state index in [1.54, 1.807) is 21.1 Å². The highest BCUT2D eigenvalue weighted by Crippen LogP contribution is 2.38. The van der Waals surface area contributed by atoms with Crippen LogP contribution in [0.15, 0.2) is 76.8 Å². The molecule has 2 amide bonds. The lowest BCUT2D eigenvalue weighted by atomic mass is 9.82. The number of hydrogen-bond donors (Lipinski definition) is 1. The van der Waals surface area contributed by atoms with Gasteiger partial charge in [0.2, 0.25) is 5.91 Å². The van der Waals surface area contributed by atoms with Gasteiger partial charge in [0, 0.05) is 54.8 Å². The van der Waals surface area contributed by atoms with E-state index >= 15 is 0 Å². The maximum absolute atomic E-state index is 14.7. The fraction of sp³-hybridized carbons (Fsp3) is 0.389. The van der Waals surface area contributed by atoms with Gasteiger partial charge in [-0.1, -0.05) is 28.1 Å². The molecule has 1 aliphatic carbocycles. The summed E-state index contributed by atoms with van der Waals surface area (Å²) in [6, 6.07) is 21.4. The van der Waals surface area contributed by atoms with Crippen molar-refractivity contribution in [3.8, 4) is 23.0 Å². The van der Waals surface area contributed by atoms with E-state index in [-0.39, 0.29) is 29.9 Å². The lowest BCUT2D eigenvalue weighted by Gasteiger charge is -2.44. The van der Waals surface area contributed by atoms with Gasteiger partial charge in [-0.3, -0.25) is 9.59 Å². The van der Waals surface area contributed by atoms with Crippen molar-refractivity contribution in [2.24, 2.45) is 0 Å². The smallest absolute Gasteiger partial charge is 0.252 e. The van der Waals surface area contributed by atoms with Crippen molar-refractivity contribution < 1.29 is 28.5 Å². The number of amides is 2. The average molecular weight is 691 g/mol. The van der Waals surface area contributed by atoms with Crippen molar-refractivity contribution in [1.82, 2.24) is 15.1 Å². The zero-order chi connectivity index (χ0) is 32.2. The molecule has 2 atom stereocenters. The summed E-state index contributed by atoms with van der Waals surface area (Å²) in [4.78, 5) is 30.9. The van der Waals surface area contributed by atoms with Gasteiger partial charge in [0.05, 0.1) is 20.3 Å². The molecule has 46 heavy (non-hydrogen) atoms. The quantitative estimate of drug-likeness (QED) is 0.253. The van der Waals surface area contributed by atoms with Crippen LogP contribution in [0.25, 0.3) is 5.57 Å². The summed E-state index contributed by atoms with van der Waals surface area (Å²) in [5.74, 6) is 2.93. The van der Waals surface area contributed by atoms with E-state index in [0.717, 1.165) is 51.1 Å². The van der Waals surface area contributed by atoms with Crippen LogP contribution >= 0.6 is 15.9 Å². The second-order valence-electron chi connectivity index (χ2n) is 12.0. The minimum absolute atomic E-state index is 0.00561. The number of piperazine rings is 1. The van der Waals surface area contributed by atoms with Gasteiger partial charge in [-0.15, -0.1) is 0 Å². The Kier molecular flexibility index (Phi) is 9.84. The standard InChI is InChI=1S/C36H40BrN3O6/c1-23(41)39-21-27-18-33(25-4-10-29(11-5-25)45-14-15-46-30-12-6-26(37)7-13-30)35(34(22-39)38-27)36(42)40(28-8-9-28)20-24-16-31(43-2)19-32(17-24)44-3/h4-7,10-13,16-17,19,27-28,34,38H,8-9,14-15,18,20-22H2,1-3H3/t27?,34-/m1/s1. The molecule has 2 fully saturated rings. The Balaban J connectivity index is 1.24. The summed E-state index contributed by atoms with van der Waals surface area (Å²) in [5.41, 5.74) is 3.70. The lowest BCUT2D eigenvalue weighted by molar-refractivity contribution is -0.132. The van der Waals surface area contributed by atoms with Gasteiger partial charge >= 0.3 is 0 Å². The summed E-state index contributed by atoms with van der Waals surface area (Å²) in [6.07, 6.45) is 2.58. The van der Waals surface area contributed by atoms with Crippen molar-refractivity contribution in [2.45, 2.75) is 50.9 Å². The van der Waals surface area contributed by atoms with E-state index < -0.39 is 0 Å². The predicted molar refractivity (Wildman–Crippen MR) is 179 cm³/mol. The molecule has 1 unspecified atom stereocenters. The van der Waals surface area contributed by atoms with Crippen molar-refractivity contribution in [3.05, 3.63) is 87.9 Å². The topological polar surface area (TPSA) is 89.6 Å². The number of carbonyl (C=O) groups excluding carboxylic acids is 2. The highest BCUT2D eigenvalue weighted by Gasteiger charge is 2.43. The third-order valence-corrected chi connectivity index (χ3v) is 9.26. The normalized spacial score (nSPS) is 19.0. The number of rotatable bonds is 12. The molecular weight excluding hydrogens is 650 g/mol. The van der Waals surface area contributed by atoms with Gasteiger partial charge in [0.25, 0.3) is 5.91 Å². The van der Waals surface area contributed by atoms with E-state index in [2.05, 4.69) is 21.2 Å². The Morgan fingerprint density at radius 1 is 0.870 bits per heavy atom. The number of nitrogens with one attached hydrogen (secondary N) is 1. The van der Waals surface area contributed by atoms with Crippen LogP contribution in [0.4, 0.5) is 0 Å². The lowest BCUT2D eigenvalue weighted by Crippen LogP contribution is -2.61. The van der Waals surface area contributed by atoms with Gasteiger partial charge in [0.15, 0.2) is 0 Å². The Bertz CT molecular complexity index is 1570. The predicted octanol–water partition coefficient (Wildman–Crippen LogP) is 5.46. The van der Waals surface area contributed by atoms with Gasteiger partial charge in [-0.25, -0.2) is 0 Å². The Labute approximate surface area is 278 Å². The average Bonchev–Trinajstić information content (AvgIpc) is 3.91. The first kappa shape index (κ1) is 31.9. The monoisotopic (exact) mass is 689 g/mol. The molecule has 1 N–H and O–H groups in total. The Hall–Kier alpha value is -4.02. The number of fused-ring (bicyclic) bond motifs is 2. The third kappa shape index (κ3) is 7.50. The van der Waals surface area contributed by atoms with Crippen LogP contribution in [0.3, 0.4) is 0 Å². The number of hydrogen-bond acceptors (Lipinski definition) is 7. The maximum Gasteiger partial charge on any atom is 0.252 e. The molecule has 6 rings (SSSR count). The molecule has 2 bridgehead atoms. The second-order valence-corrected chi connectivity index (χ2v) is 12.9. The van der Waals surface area contributed by atoms with E-state index in [9.17, 15) is 9.59 Å². The fourth-order valence-electron chi connectivity index (χ4n) is 6.29. The van der Waals surface area contributed by atoms with Gasteiger partial charge in [-0.05, 0) is 84.5 Å². The first-order valence-electron chi connectivity index (χ1n) is 15.7. The van der Waals surface area contributed by atoms with Crippen molar-refractivity contribution >= 4 is 33.3 Å². The number of halogens is 1. The minimum atomic E-state index is -0.258. The van der Waals surface area contributed by atoms with Crippen LogP contribution < -0.4 is 24.3 Å². The zero-order valence-corrected chi connectivity index (χ0v) is 28.0. The molecule has 1 saturated carbocycles. The summed E-state index contributed by atoms with van der Waals surface area (Å²) >= 11 is 3.43. The molecule has 242 valence electrons. The highest BCUT2D eigenvalue weighted by atomic mass is 79.9. The molecule has 3 aromatic carbocycles. The second kappa shape index (κ2) is 14.2. The Morgan fingerprint density at radius 3 is 2.04 bits per heavy atom.